The summed E-state index contributed by atoms with van der Waals surface area (Å²) in [6, 6.07) is 7.42. The Hall–Kier alpha value is -3.00. The molecule has 1 aliphatic heterocycles. The minimum absolute atomic E-state index is 0.0412. The van der Waals surface area contributed by atoms with Gasteiger partial charge in [0.25, 0.3) is 5.91 Å². The van der Waals surface area contributed by atoms with E-state index in [0.717, 1.165) is 27.2 Å². The highest BCUT2D eigenvalue weighted by atomic mass is 32.1. The van der Waals surface area contributed by atoms with Crippen molar-refractivity contribution in [2.75, 3.05) is 18.5 Å². The van der Waals surface area contributed by atoms with Gasteiger partial charge in [0.1, 0.15) is 17.9 Å². The Kier molecular flexibility index (Phi) is 4.49. The molecule has 2 aromatic heterocycles. The molecule has 3 aromatic rings. The molecule has 7 nitrogen and oxygen atoms in total. The Morgan fingerprint density at radius 2 is 2.23 bits per heavy atom. The van der Waals surface area contributed by atoms with Crippen LogP contribution in [0.15, 0.2) is 36.7 Å². The molecule has 0 saturated heterocycles. The van der Waals surface area contributed by atoms with Gasteiger partial charge in [0.2, 0.25) is 5.91 Å². The smallest absolute Gasteiger partial charge is 0.280 e. The van der Waals surface area contributed by atoms with Crippen molar-refractivity contribution < 1.29 is 14.3 Å². The molecule has 1 aromatic carbocycles. The number of ether oxygens (including phenoxy) is 1. The normalized spacial score (nSPS) is 13.2. The quantitative estimate of drug-likeness (QED) is 0.675. The van der Waals surface area contributed by atoms with Crippen molar-refractivity contribution in [2.24, 2.45) is 0 Å². The highest BCUT2D eigenvalue weighted by molar-refractivity contribution is 7.20. The summed E-state index contributed by atoms with van der Waals surface area (Å²) in [5.74, 6) is 0.544. The molecule has 0 bridgehead atoms. The van der Waals surface area contributed by atoms with E-state index in [0.29, 0.717) is 31.0 Å². The topological polar surface area (TPSA) is 93.2 Å². The molecular weight excluding hydrogens is 352 g/mol. The van der Waals surface area contributed by atoms with Gasteiger partial charge in [-0.1, -0.05) is 0 Å². The molecule has 0 saturated carbocycles. The van der Waals surface area contributed by atoms with Gasteiger partial charge >= 0.3 is 0 Å². The van der Waals surface area contributed by atoms with Crippen LogP contribution < -0.4 is 15.4 Å². The Morgan fingerprint density at radius 1 is 1.31 bits per heavy atom. The van der Waals surface area contributed by atoms with E-state index >= 15 is 0 Å². The first kappa shape index (κ1) is 16.5. The average molecular weight is 368 g/mol. The molecule has 0 atom stereocenters. The van der Waals surface area contributed by atoms with Gasteiger partial charge in [-0.2, -0.15) is 0 Å². The van der Waals surface area contributed by atoms with Gasteiger partial charge in [-0.15, -0.1) is 11.3 Å². The van der Waals surface area contributed by atoms with Gasteiger partial charge in [0.05, 0.1) is 17.4 Å². The number of nitrogens with one attached hydrogen (secondary N) is 2. The van der Waals surface area contributed by atoms with Crippen molar-refractivity contribution >= 4 is 39.1 Å². The molecule has 0 fully saturated rings. The predicted octanol–water partition coefficient (Wildman–Crippen LogP) is 2.38. The number of hydrogen-bond donors (Lipinski definition) is 2. The van der Waals surface area contributed by atoms with Gasteiger partial charge in [-0.3, -0.25) is 14.6 Å². The van der Waals surface area contributed by atoms with E-state index in [-0.39, 0.29) is 11.8 Å². The summed E-state index contributed by atoms with van der Waals surface area (Å²) in [4.78, 5) is 31.8. The minimum Gasteiger partial charge on any atom is -0.492 e. The fourth-order valence-corrected chi connectivity index (χ4v) is 3.58. The highest BCUT2D eigenvalue weighted by Gasteiger charge is 2.15. The molecule has 0 aliphatic carbocycles. The maximum Gasteiger partial charge on any atom is 0.280 e. The minimum atomic E-state index is -0.219. The third kappa shape index (κ3) is 3.50. The first-order chi connectivity index (χ1) is 12.7. The van der Waals surface area contributed by atoms with Gasteiger partial charge in [-0.05, 0) is 36.2 Å². The third-order valence-electron chi connectivity index (χ3n) is 4.01. The zero-order valence-electron chi connectivity index (χ0n) is 13.8. The van der Waals surface area contributed by atoms with Gasteiger partial charge in [-0.25, -0.2) is 4.98 Å². The van der Waals surface area contributed by atoms with Crippen molar-refractivity contribution in [2.45, 2.75) is 12.8 Å². The standard InChI is InChI=1S/C18H16N4O3S/c23-16-4-1-11-9-12(2-3-13(11)21-16)25-8-7-20-17(24)18-22-14-10-19-6-5-15(14)26-18/h2-3,5-6,9-10H,1,4,7-8H2,(H,20,24)(H,21,23). The Morgan fingerprint density at radius 3 is 3.12 bits per heavy atom. The monoisotopic (exact) mass is 368 g/mol. The fourth-order valence-electron chi connectivity index (χ4n) is 2.74. The number of carbonyl (C=O) groups excluding carboxylic acids is 2. The summed E-state index contributed by atoms with van der Waals surface area (Å²) in [5, 5.41) is 6.06. The molecule has 0 spiro atoms. The van der Waals surface area contributed by atoms with E-state index in [2.05, 4.69) is 20.6 Å². The van der Waals surface area contributed by atoms with E-state index in [9.17, 15) is 9.59 Å². The number of benzene rings is 1. The van der Waals surface area contributed by atoms with E-state index < -0.39 is 0 Å². The number of fused-ring (bicyclic) bond motifs is 2. The maximum absolute atomic E-state index is 12.2. The summed E-state index contributed by atoms with van der Waals surface area (Å²) in [6.45, 7) is 0.726. The lowest BCUT2D eigenvalue weighted by Gasteiger charge is -2.17. The van der Waals surface area contributed by atoms with Crippen LogP contribution in [0.4, 0.5) is 5.69 Å². The molecule has 4 rings (SSSR count). The second-order valence-electron chi connectivity index (χ2n) is 5.83. The van der Waals surface area contributed by atoms with Crippen LogP contribution in [-0.2, 0) is 11.2 Å². The number of thiazole rings is 1. The fraction of sp³-hybridized carbons (Fsp3) is 0.222. The lowest BCUT2D eigenvalue weighted by molar-refractivity contribution is -0.116. The lowest BCUT2D eigenvalue weighted by atomic mass is 10.0. The van der Waals surface area contributed by atoms with E-state index in [1.165, 1.54) is 11.3 Å². The second kappa shape index (κ2) is 7.09. The predicted molar refractivity (Wildman–Crippen MR) is 98.6 cm³/mol. The number of anilines is 1. The molecule has 132 valence electrons. The number of aromatic nitrogens is 2. The molecule has 8 heteroatoms. The van der Waals surface area contributed by atoms with E-state index in [4.69, 9.17) is 4.74 Å². The van der Waals surface area contributed by atoms with Crippen molar-refractivity contribution in [3.05, 3.63) is 47.2 Å². The van der Waals surface area contributed by atoms with Crippen LogP contribution in [-0.4, -0.2) is 34.9 Å². The number of carbonyl (C=O) groups is 2. The van der Waals surface area contributed by atoms with Crippen LogP contribution in [0.2, 0.25) is 0 Å². The summed E-state index contributed by atoms with van der Waals surface area (Å²) >= 11 is 1.34. The third-order valence-corrected chi connectivity index (χ3v) is 5.05. The molecule has 2 amide bonds. The highest BCUT2D eigenvalue weighted by Crippen LogP contribution is 2.26. The Bertz CT molecular complexity index is 952. The van der Waals surface area contributed by atoms with Crippen LogP contribution in [0.1, 0.15) is 21.8 Å². The van der Waals surface area contributed by atoms with Crippen LogP contribution in [0.3, 0.4) is 0 Å². The molecule has 0 radical (unpaired) electrons. The van der Waals surface area contributed by atoms with Crippen molar-refractivity contribution in [3.8, 4) is 5.75 Å². The van der Waals surface area contributed by atoms with Crippen molar-refractivity contribution in [1.82, 2.24) is 15.3 Å². The Labute approximate surface area is 153 Å². The molecule has 2 N–H and O–H groups in total. The largest absolute Gasteiger partial charge is 0.492 e. The number of rotatable bonds is 5. The molecule has 0 unspecified atom stereocenters. The Balaban J connectivity index is 1.30. The molecule has 26 heavy (non-hydrogen) atoms. The lowest BCUT2D eigenvalue weighted by Crippen LogP contribution is -2.28. The van der Waals surface area contributed by atoms with E-state index in [1.54, 1.807) is 12.4 Å². The first-order valence-corrected chi connectivity index (χ1v) is 9.05. The van der Waals surface area contributed by atoms with Gasteiger partial charge in [0, 0.05) is 18.3 Å². The summed E-state index contributed by atoms with van der Waals surface area (Å²) < 4.78 is 6.62. The summed E-state index contributed by atoms with van der Waals surface area (Å²) in [6.07, 6.45) is 4.52. The number of aryl methyl sites for hydroxylation is 1. The SMILES string of the molecule is O=C1CCc2cc(OCCNC(=O)c3nc4cnccc4s3)ccc2N1. The van der Waals surface area contributed by atoms with Crippen LogP contribution in [0, 0.1) is 0 Å². The number of pyridine rings is 1. The zero-order valence-corrected chi connectivity index (χ0v) is 14.6. The number of hydrogen-bond acceptors (Lipinski definition) is 6. The second-order valence-corrected chi connectivity index (χ2v) is 6.86. The average Bonchev–Trinajstić information content (AvgIpc) is 3.09. The van der Waals surface area contributed by atoms with Gasteiger partial charge in [0.15, 0.2) is 5.01 Å². The molecular formula is C18H16N4O3S. The van der Waals surface area contributed by atoms with E-state index in [1.807, 2.05) is 24.3 Å². The van der Waals surface area contributed by atoms with Crippen molar-refractivity contribution in [3.63, 3.8) is 0 Å². The first-order valence-electron chi connectivity index (χ1n) is 8.23. The molecule has 1 aliphatic rings. The summed E-state index contributed by atoms with van der Waals surface area (Å²) in [5.41, 5.74) is 2.63. The number of amides is 2. The molecule has 3 heterocycles. The number of nitrogens with zero attached hydrogens (tertiary/aromatic N) is 2. The van der Waals surface area contributed by atoms with Crippen LogP contribution in [0.25, 0.3) is 10.2 Å². The van der Waals surface area contributed by atoms with Crippen LogP contribution in [0.5, 0.6) is 5.75 Å². The van der Waals surface area contributed by atoms with Crippen molar-refractivity contribution in [1.29, 1.82) is 0 Å². The maximum atomic E-state index is 12.2. The zero-order chi connectivity index (χ0) is 17.9. The summed E-state index contributed by atoms with van der Waals surface area (Å²) in [7, 11) is 0. The van der Waals surface area contributed by atoms with Gasteiger partial charge < -0.3 is 15.4 Å². The van der Waals surface area contributed by atoms with Crippen LogP contribution >= 0.6 is 11.3 Å².